The highest BCUT2D eigenvalue weighted by Gasteiger charge is 2.68. The summed E-state index contributed by atoms with van der Waals surface area (Å²) in [4.78, 5) is 28.3. The van der Waals surface area contributed by atoms with Crippen molar-refractivity contribution in [1.82, 2.24) is 15.2 Å². The number of nitrogens with one attached hydrogen (secondary N) is 1. The molecule has 1 N–H and O–H groups in total. The van der Waals surface area contributed by atoms with E-state index in [1.165, 1.54) is 6.33 Å². The van der Waals surface area contributed by atoms with E-state index in [9.17, 15) is 9.59 Å². The van der Waals surface area contributed by atoms with Crippen molar-refractivity contribution in [3.05, 3.63) is 6.33 Å². The molecule has 22 heavy (non-hydrogen) atoms. The van der Waals surface area contributed by atoms with Crippen molar-refractivity contribution in [3.63, 3.8) is 0 Å². The molecule has 0 saturated heterocycles. The number of nitrogens with zero attached hydrogens (tertiary/aromatic N) is 2. The van der Waals surface area contributed by atoms with Crippen LogP contribution in [-0.2, 0) is 19.1 Å². The fourth-order valence-electron chi connectivity index (χ4n) is 3.50. The summed E-state index contributed by atoms with van der Waals surface area (Å²) in [7, 11) is 0. The van der Waals surface area contributed by atoms with Crippen molar-refractivity contribution >= 4 is 23.7 Å². The van der Waals surface area contributed by atoms with E-state index in [4.69, 9.17) is 9.47 Å². The molecule has 2 saturated carbocycles. The van der Waals surface area contributed by atoms with E-state index in [0.717, 1.165) is 0 Å². The molecular weight excluding hydrogens is 306 g/mol. The lowest BCUT2D eigenvalue weighted by Gasteiger charge is -2.17. The third kappa shape index (κ3) is 2.71. The van der Waals surface area contributed by atoms with Gasteiger partial charge in [0.1, 0.15) is 6.33 Å². The number of hydrogen-bond acceptors (Lipinski definition) is 7. The first-order valence-electron chi connectivity index (χ1n) is 7.52. The van der Waals surface area contributed by atoms with Crippen LogP contribution in [0.2, 0.25) is 0 Å². The zero-order chi connectivity index (χ0) is 15.7. The van der Waals surface area contributed by atoms with Crippen LogP contribution in [0.1, 0.15) is 20.3 Å². The first kappa shape index (κ1) is 15.3. The summed E-state index contributed by atoms with van der Waals surface area (Å²) in [5.41, 5.74) is 0. The molecule has 2 fully saturated rings. The van der Waals surface area contributed by atoms with Gasteiger partial charge in [-0.05, 0) is 32.1 Å². The second-order valence-corrected chi connectivity index (χ2v) is 6.70. The Morgan fingerprint density at radius 2 is 2.00 bits per heavy atom. The van der Waals surface area contributed by atoms with E-state index in [-0.39, 0.29) is 40.9 Å². The lowest BCUT2D eigenvalue weighted by Crippen LogP contribution is -2.24. The molecular formula is C14H19N3O4S. The number of hydrogen-bond donors (Lipinski definition) is 1. The highest BCUT2D eigenvalue weighted by atomic mass is 32.2. The SMILES string of the molecule is CCOC(=O)C1CC(Sc2ncn[nH]2)C2C(C(=O)OCC)C12. The number of ether oxygens (including phenoxy) is 2. The van der Waals surface area contributed by atoms with Crippen LogP contribution in [0.15, 0.2) is 11.5 Å². The lowest BCUT2D eigenvalue weighted by atomic mass is 10.00. The summed E-state index contributed by atoms with van der Waals surface area (Å²) >= 11 is 1.54. The van der Waals surface area contributed by atoms with Gasteiger partial charge in [-0.15, -0.1) is 0 Å². The van der Waals surface area contributed by atoms with Crippen molar-refractivity contribution in [2.75, 3.05) is 13.2 Å². The molecule has 7 nitrogen and oxygen atoms in total. The van der Waals surface area contributed by atoms with E-state index in [0.29, 0.717) is 24.8 Å². The number of carbonyl (C=O) groups excluding carboxylic acids is 2. The van der Waals surface area contributed by atoms with Crippen LogP contribution in [0.3, 0.4) is 0 Å². The molecule has 0 radical (unpaired) electrons. The summed E-state index contributed by atoms with van der Waals surface area (Å²) in [6.45, 7) is 4.30. The molecule has 0 spiro atoms. The Balaban J connectivity index is 1.72. The van der Waals surface area contributed by atoms with Crippen LogP contribution < -0.4 is 0 Å². The third-order valence-electron chi connectivity index (χ3n) is 4.32. The molecule has 0 aromatic carbocycles. The van der Waals surface area contributed by atoms with Crippen molar-refractivity contribution in [3.8, 4) is 0 Å². The van der Waals surface area contributed by atoms with Crippen LogP contribution in [0.4, 0.5) is 0 Å². The predicted octanol–water partition coefficient (Wildman–Crippen LogP) is 1.27. The maximum atomic E-state index is 12.1. The smallest absolute Gasteiger partial charge is 0.309 e. The van der Waals surface area contributed by atoms with Crippen LogP contribution in [0, 0.1) is 23.7 Å². The van der Waals surface area contributed by atoms with Gasteiger partial charge in [-0.3, -0.25) is 14.7 Å². The van der Waals surface area contributed by atoms with Gasteiger partial charge in [-0.2, -0.15) is 5.10 Å². The second kappa shape index (κ2) is 6.28. The molecule has 1 heterocycles. The number of H-pyrrole nitrogens is 1. The maximum absolute atomic E-state index is 12.1. The van der Waals surface area contributed by atoms with Crippen molar-refractivity contribution in [1.29, 1.82) is 0 Å². The Morgan fingerprint density at radius 3 is 2.64 bits per heavy atom. The Morgan fingerprint density at radius 1 is 1.27 bits per heavy atom. The molecule has 5 atom stereocenters. The zero-order valence-electron chi connectivity index (χ0n) is 12.5. The minimum Gasteiger partial charge on any atom is -0.466 e. The van der Waals surface area contributed by atoms with Gasteiger partial charge in [0, 0.05) is 5.25 Å². The second-order valence-electron chi connectivity index (χ2n) is 5.47. The topological polar surface area (TPSA) is 94.2 Å². The molecule has 5 unspecified atom stereocenters. The number of aromatic nitrogens is 3. The van der Waals surface area contributed by atoms with Crippen LogP contribution in [0.25, 0.3) is 0 Å². The van der Waals surface area contributed by atoms with Crippen LogP contribution in [0.5, 0.6) is 0 Å². The number of esters is 2. The van der Waals surface area contributed by atoms with Gasteiger partial charge in [0.25, 0.3) is 0 Å². The Labute approximate surface area is 132 Å². The zero-order valence-corrected chi connectivity index (χ0v) is 13.3. The summed E-state index contributed by atoms with van der Waals surface area (Å²) in [5, 5.41) is 7.51. The number of aromatic amines is 1. The summed E-state index contributed by atoms with van der Waals surface area (Å²) in [6, 6.07) is 0. The minimum absolute atomic E-state index is 0.0403. The fourth-order valence-corrected chi connectivity index (χ4v) is 4.81. The monoisotopic (exact) mass is 325 g/mol. The Hall–Kier alpha value is -1.57. The average Bonchev–Trinajstić information content (AvgIpc) is 2.82. The standard InChI is InChI=1S/C14H19N3O4S/c1-3-20-12(18)7-5-8(22-14-15-6-16-17-14)10-9(7)11(10)13(19)21-4-2/h6-11H,3-5H2,1-2H3,(H,15,16,17). The van der Waals surface area contributed by atoms with E-state index in [1.54, 1.807) is 25.6 Å². The molecule has 3 rings (SSSR count). The molecule has 0 bridgehead atoms. The molecule has 2 aliphatic carbocycles. The molecule has 1 aromatic rings. The van der Waals surface area contributed by atoms with E-state index in [1.807, 2.05) is 0 Å². The largest absolute Gasteiger partial charge is 0.466 e. The van der Waals surface area contributed by atoms with Gasteiger partial charge < -0.3 is 9.47 Å². The average molecular weight is 325 g/mol. The summed E-state index contributed by atoms with van der Waals surface area (Å²) in [5.74, 6) is -0.620. The molecule has 0 aliphatic heterocycles. The number of rotatable bonds is 6. The predicted molar refractivity (Wildman–Crippen MR) is 77.9 cm³/mol. The highest BCUT2D eigenvalue weighted by Crippen LogP contribution is 2.64. The van der Waals surface area contributed by atoms with Crippen molar-refractivity contribution < 1.29 is 19.1 Å². The molecule has 8 heteroatoms. The van der Waals surface area contributed by atoms with Crippen molar-refractivity contribution in [2.24, 2.45) is 23.7 Å². The first-order valence-corrected chi connectivity index (χ1v) is 8.40. The number of carbonyl (C=O) groups is 2. The minimum atomic E-state index is -0.222. The molecule has 0 amide bonds. The molecule has 120 valence electrons. The van der Waals surface area contributed by atoms with Crippen LogP contribution in [-0.4, -0.2) is 45.6 Å². The third-order valence-corrected chi connectivity index (χ3v) is 5.55. The van der Waals surface area contributed by atoms with E-state index in [2.05, 4.69) is 15.2 Å². The first-order chi connectivity index (χ1) is 10.7. The van der Waals surface area contributed by atoms with E-state index >= 15 is 0 Å². The van der Waals surface area contributed by atoms with Gasteiger partial charge >= 0.3 is 11.9 Å². The van der Waals surface area contributed by atoms with Gasteiger partial charge in [-0.1, -0.05) is 11.8 Å². The summed E-state index contributed by atoms with van der Waals surface area (Å²) < 4.78 is 10.3. The van der Waals surface area contributed by atoms with Gasteiger partial charge in [0.15, 0.2) is 5.16 Å². The number of fused-ring (bicyclic) bond motifs is 1. The summed E-state index contributed by atoms with van der Waals surface area (Å²) in [6.07, 6.45) is 2.16. The van der Waals surface area contributed by atoms with Gasteiger partial charge in [-0.25, -0.2) is 4.98 Å². The van der Waals surface area contributed by atoms with Crippen molar-refractivity contribution in [2.45, 2.75) is 30.7 Å². The lowest BCUT2D eigenvalue weighted by molar-refractivity contribution is -0.150. The molecule has 2 aliphatic rings. The quantitative estimate of drug-likeness (QED) is 0.787. The fraction of sp³-hybridized carbons (Fsp3) is 0.714. The Bertz CT molecular complexity index is 550. The maximum Gasteiger partial charge on any atom is 0.309 e. The normalized spacial score (nSPS) is 32.4. The Kier molecular flexibility index (Phi) is 4.37. The highest BCUT2D eigenvalue weighted by molar-refractivity contribution is 7.99. The van der Waals surface area contributed by atoms with E-state index < -0.39 is 0 Å². The van der Waals surface area contributed by atoms with Gasteiger partial charge in [0.05, 0.1) is 25.0 Å². The molecule has 1 aromatic heterocycles. The van der Waals surface area contributed by atoms with Crippen LogP contribution >= 0.6 is 11.8 Å². The number of thioether (sulfide) groups is 1. The van der Waals surface area contributed by atoms with Gasteiger partial charge in [0.2, 0.25) is 0 Å².